The quantitative estimate of drug-likeness (QED) is 0.735. The van der Waals surface area contributed by atoms with Crippen LogP contribution < -0.4 is 10.6 Å². The first-order valence-electron chi connectivity index (χ1n) is 4.78. The topological polar surface area (TPSA) is 50.4 Å². The summed E-state index contributed by atoms with van der Waals surface area (Å²) in [4.78, 5) is 11.2. The Morgan fingerprint density at radius 2 is 2.20 bits per heavy atom. The minimum atomic E-state index is -0.224. The number of hydrogen-bond acceptors (Lipinski definition) is 2. The Kier molecular flexibility index (Phi) is 4.63. The number of carbonyl (C=O) groups excluding carboxylic acids is 1. The van der Waals surface area contributed by atoms with E-state index >= 15 is 0 Å². The molecule has 2 N–H and O–H groups in total. The minimum absolute atomic E-state index is 0.222. The van der Waals surface area contributed by atoms with E-state index in [1.54, 1.807) is 0 Å². The monoisotopic (exact) mass is 208 g/mol. The van der Waals surface area contributed by atoms with E-state index in [4.69, 9.17) is 4.74 Å². The van der Waals surface area contributed by atoms with Gasteiger partial charge in [-0.2, -0.15) is 0 Å². The van der Waals surface area contributed by atoms with E-state index in [-0.39, 0.29) is 12.8 Å². The molecular formula is C11H16N2O2. The number of carbonyl (C=O) groups is 1. The normalized spacial score (nSPS) is 9.73. The van der Waals surface area contributed by atoms with Gasteiger partial charge in [-0.1, -0.05) is 29.8 Å². The molecule has 0 heterocycles. The molecule has 0 aromatic heterocycles. The largest absolute Gasteiger partial charge is 0.364 e. The lowest BCUT2D eigenvalue weighted by molar-refractivity contribution is 0.172. The number of ether oxygens (including phenoxy) is 1. The number of hydrogen-bond donors (Lipinski definition) is 2. The van der Waals surface area contributed by atoms with Gasteiger partial charge >= 0.3 is 6.03 Å². The Bertz CT molecular complexity index is 326. The van der Waals surface area contributed by atoms with E-state index < -0.39 is 0 Å². The van der Waals surface area contributed by atoms with Crippen molar-refractivity contribution in [3.8, 4) is 0 Å². The van der Waals surface area contributed by atoms with Crippen molar-refractivity contribution in [1.29, 1.82) is 0 Å². The van der Waals surface area contributed by atoms with Gasteiger partial charge in [-0.3, -0.25) is 0 Å². The predicted octanol–water partition coefficient (Wildman–Crippen LogP) is 1.40. The number of rotatable bonds is 4. The number of nitrogens with one attached hydrogen (secondary N) is 2. The number of amides is 2. The van der Waals surface area contributed by atoms with Gasteiger partial charge in [0, 0.05) is 13.7 Å². The smallest absolute Gasteiger partial charge is 0.316 e. The highest BCUT2D eigenvalue weighted by Gasteiger charge is 1.98. The molecule has 0 aliphatic rings. The lowest BCUT2D eigenvalue weighted by Gasteiger charge is -2.07. The Morgan fingerprint density at radius 1 is 1.40 bits per heavy atom. The molecule has 0 unspecified atom stereocenters. The Morgan fingerprint density at radius 3 is 2.87 bits per heavy atom. The minimum Gasteiger partial charge on any atom is -0.364 e. The number of aryl methyl sites for hydroxylation is 1. The number of benzene rings is 1. The molecule has 0 atom stereocenters. The zero-order valence-corrected chi connectivity index (χ0v) is 9.04. The molecule has 0 spiro atoms. The van der Waals surface area contributed by atoms with Crippen LogP contribution in [-0.4, -0.2) is 19.9 Å². The highest BCUT2D eigenvalue weighted by molar-refractivity contribution is 5.73. The van der Waals surface area contributed by atoms with Crippen LogP contribution in [0.5, 0.6) is 0 Å². The van der Waals surface area contributed by atoms with Crippen LogP contribution in [0.25, 0.3) is 0 Å². The second kappa shape index (κ2) is 6.03. The Hall–Kier alpha value is -1.55. The number of methoxy groups -OCH3 is 1. The molecule has 1 aromatic rings. The molecule has 82 valence electrons. The van der Waals surface area contributed by atoms with E-state index in [0.717, 1.165) is 5.56 Å². The van der Waals surface area contributed by atoms with E-state index in [1.165, 1.54) is 12.7 Å². The van der Waals surface area contributed by atoms with E-state index in [1.807, 2.05) is 31.2 Å². The second-order valence-electron chi connectivity index (χ2n) is 3.28. The molecule has 0 bridgehead atoms. The first-order valence-corrected chi connectivity index (χ1v) is 4.78. The maximum absolute atomic E-state index is 11.2. The predicted molar refractivity (Wildman–Crippen MR) is 58.4 cm³/mol. The van der Waals surface area contributed by atoms with Gasteiger partial charge in [-0.05, 0) is 12.5 Å². The van der Waals surface area contributed by atoms with Crippen molar-refractivity contribution in [2.75, 3.05) is 13.8 Å². The molecule has 0 saturated heterocycles. The van der Waals surface area contributed by atoms with E-state index in [2.05, 4.69) is 10.6 Å². The van der Waals surface area contributed by atoms with Gasteiger partial charge in [-0.15, -0.1) is 0 Å². The summed E-state index contributed by atoms with van der Waals surface area (Å²) in [5.74, 6) is 0. The third-order valence-corrected chi connectivity index (χ3v) is 1.91. The van der Waals surface area contributed by atoms with Gasteiger partial charge in [0.15, 0.2) is 0 Å². The lowest BCUT2D eigenvalue weighted by atomic mass is 10.1. The molecule has 1 aromatic carbocycles. The summed E-state index contributed by atoms with van der Waals surface area (Å²) in [6, 6.07) is 7.78. The van der Waals surface area contributed by atoms with Crippen LogP contribution in [-0.2, 0) is 11.3 Å². The Labute approximate surface area is 89.6 Å². The lowest BCUT2D eigenvalue weighted by Crippen LogP contribution is -2.36. The van der Waals surface area contributed by atoms with Gasteiger partial charge in [0.1, 0.15) is 6.73 Å². The molecule has 4 heteroatoms. The van der Waals surface area contributed by atoms with Crippen LogP contribution in [0, 0.1) is 6.92 Å². The summed E-state index contributed by atoms with van der Waals surface area (Å²) in [6.07, 6.45) is 0. The fraction of sp³-hybridized carbons (Fsp3) is 0.364. The van der Waals surface area contributed by atoms with E-state index in [9.17, 15) is 4.79 Å². The summed E-state index contributed by atoms with van der Waals surface area (Å²) < 4.78 is 4.71. The third-order valence-electron chi connectivity index (χ3n) is 1.91. The average molecular weight is 208 g/mol. The van der Waals surface area contributed by atoms with Gasteiger partial charge in [0.05, 0.1) is 0 Å². The molecule has 0 aliphatic carbocycles. The van der Waals surface area contributed by atoms with Crippen LogP contribution in [0.1, 0.15) is 11.1 Å². The van der Waals surface area contributed by atoms with Gasteiger partial charge in [-0.25, -0.2) is 4.79 Å². The average Bonchev–Trinajstić information content (AvgIpc) is 2.23. The van der Waals surface area contributed by atoms with Crippen molar-refractivity contribution < 1.29 is 9.53 Å². The SMILES string of the molecule is COCNC(=O)NCc1cccc(C)c1. The number of urea groups is 1. The second-order valence-corrected chi connectivity index (χ2v) is 3.28. The summed E-state index contributed by atoms with van der Waals surface area (Å²) in [5.41, 5.74) is 2.27. The molecule has 0 radical (unpaired) electrons. The third kappa shape index (κ3) is 4.46. The molecule has 0 aliphatic heterocycles. The van der Waals surface area contributed by atoms with Crippen molar-refractivity contribution in [2.45, 2.75) is 13.5 Å². The zero-order valence-electron chi connectivity index (χ0n) is 9.04. The molecule has 4 nitrogen and oxygen atoms in total. The van der Waals surface area contributed by atoms with Crippen LogP contribution in [0.4, 0.5) is 4.79 Å². The van der Waals surface area contributed by atoms with Crippen molar-refractivity contribution in [3.05, 3.63) is 35.4 Å². The Balaban J connectivity index is 2.33. The van der Waals surface area contributed by atoms with Crippen LogP contribution >= 0.6 is 0 Å². The molecule has 0 fully saturated rings. The molecule has 2 amide bonds. The van der Waals surface area contributed by atoms with Gasteiger partial charge in [0.25, 0.3) is 0 Å². The van der Waals surface area contributed by atoms with Crippen LogP contribution in [0.2, 0.25) is 0 Å². The molecular weight excluding hydrogens is 192 g/mol. The first-order chi connectivity index (χ1) is 7.22. The van der Waals surface area contributed by atoms with Gasteiger partial charge < -0.3 is 15.4 Å². The van der Waals surface area contributed by atoms with Gasteiger partial charge in [0.2, 0.25) is 0 Å². The fourth-order valence-corrected chi connectivity index (χ4v) is 1.20. The van der Waals surface area contributed by atoms with Crippen molar-refractivity contribution in [2.24, 2.45) is 0 Å². The highest BCUT2D eigenvalue weighted by Crippen LogP contribution is 2.02. The van der Waals surface area contributed by atoms with Crippen molar-refractivity contribution in [3.63, 3.8) is 0 Å². The molecule has 1 rings (SSSR count). The summed E-state index contributed by atoms with van der Waals surface area (Å²) in [5, 5.41) is 5.28. The van der Waals surface area contributed by atoms with Crippen LogP contribution in [0.3, 0.4) is 0 Å². The summed E-state index contributed by atoms with van der Waals surface area (Å²) in [7, 11) is 1.53. The standard InChI is InChI=1S/C11H16N2O2/c1-9-4-3-5-10(6-9)7-12-11(14)13-8-15-2/h3-6H,7-8H2,1-2H3,(H2,12,13,14). The zero-order chi connectivity index (χ0) is 11.1. The fourth-order valence-electron chi connectivity index (χ4n) is 1.20. The van der Waals surface area contributed by atoms with Crippen LogP contribution in [0.15, 0.2) is 24.3 Å². The van der Waals surface area contributed by atoms with Crippen molar-refractivity contribution in [1.82, 2.24) is 10.6 Å². The molecule has 15 heavy (non-hydrogen) atoms. The first kappa shape index (κ1) is 11.5. The maximum atomic E-state index is 11.2. The molecule has 0 saturated carbocycles. The van der Waals surface area contributed by atoms with E-state index in [0.29, 0.717) is 6.54 Å². The summed E-state index contributed by atoms with van der Waals surface area (Å²) in [6.45, 7) is 2.77. The maximum Gasteiger partial charge on any atom is 0.316 e. The summed E-state index contributed by atoms with van der Waals surface area (Å²) >= 11 is 0. The van der Waals surface area contributed by atoms with Crippen molar-refractivity contribution >= 4 is 6.03 Å². The highest BCUT2D eigenvalue weighted by atomic mass is 16.5.